The third-order valence-corrected chi connectivity index (χ3v) is 10.9. The van der Waals surface area contributed by atoms with Gasteiger partial charge in [0.25, 0.3) is 5.91 Å². The Morgan fingerprint density at radius 1 is 1.12 bits per heavy atom. The molecule has 2 aliphatic carbocycles. The van der Waals surface area contributed by atoms with E-state index >= 15 is 0 Å². The highest BCUT2D eigenvalue weighted by atomic mass is 79.9. The lowest BCUT2D eigenvalue weighted by Crippen LogP contribution is -2.52. The maximum Gasteiger partial charge on any atom is 0.251 e. The molecule has 2 bridgehead atoms. The van der Waals surface area contributed by atoms with E-state index in [1.165, 1.54) is 23.7 Å². The molecule has 1 aliphatic heterocycles. The fraction of sp³-hybridized carbons (Fsp3) is 0.652. The minimum absolute atomic E-state index is 0.0172. The van der Waals surface area contributed by atoms with E-state index in [4.69, 9.17) is 0 Å². The van der Waals surface area contributed by atoms with Crippen LogP contribution in [0.1, 0.15) is 57.3 Å². The number of amides is 2. The first-order valence-electron chi connectivity index (χ1n) is 11.2. The Hall–Kier alpha value is -1.45. The van der Waals surface area contributed by atoms with E-state index in [-0.39, 0.29) is 46.7 Å². The van der Waals surface area contributed by atoms with Gasteiger partial charge in [0.15, 0.2) is 0 Å². The summed E-state index contributed by atoms with van der Waals surface area (Å²) in [5.74, 6) is 0.314. The molecule has 32 heavy (non-hydrogen) atoms. The largest absolute Gasteiger partial charge is 0.348 e. The summed E-state index contributed by atoms with van der Waals surface area (Å²) >= 11 is 3.36. The number of sulfonamides is 1. The normalized spacial score (nSPS) is 29.8. The molecule has 9 heteroatoms. The van der Waals surface area contributed by atoms with Crippen molar-refractivity contribution in [1.82, 2.24) is 14.5 Å². The molecule has 4 rings (SSSR count). The Morgan fingerprint density at radius 2 is 1.78 bits per heavy atom. The lowest BCUT2D eigenvalue weighted by molar-refractivity contribution is -0.129. The van der Waals surface area contributed by atoms with Gasteiger partial charge in [0, 0.05) is 49.2 Å². The van der Waals surface area contributed by atoms with Crippen molar-refractivity contribution in [2.45, 2.75) is 57.9 Å². The van der Waals surface area contributed by atoms with E-state index in [1.54, 1.807) is 17.0 Å². The number of carbonyl (C=O) groups is 2. The van der Waals surface area contributed by atoms with Crippen LogP contribution in [0.5, 0.6) is 0 Å². The Morgan fingerprint density at radius 3 is 2.34 bits per heavy atom. The molecule has 1 aromatic rings. The summed E-state index contributed by atoms with van der Waals surface area (Å²) in [7, 11) is -3.80. The van der Waals surface area contributed by atoms with Gasteiger partial charge in [-0.25, -0.2) is 8.42 Å². The third-order valence-electron chi connectivity index (χ3n) is 8.04. The van der Waals surface area contributed by atoms with Crippen LogP contribution in [0.15, 0.2) is 27.6 Å². The van der Waals surface area contributed by atoms with Gasteiger partial charge in [-0.05, 0) is 70.1 Å². The summed E-state index contributed by atoms with van der Waals surface area (Å²) in [6.07, 6.45) is 3.43. The summed E-state index contributed by atoms with van der Waals surface area (Å²) in [4.78, 5) is 26.5. The van der Waals surface area contributed by atoms with Crippen molar-refractivity contribution in [3.05, 3.63) is 28.2 Å². The van der Waals surface area contributed by atoms with E-state index in [0.29, 0.717) is 29.0 Å². The number of carbonyl (C=O) groups excluding carboxylic acids is 2. The molecule has 176 valence electrons. The zero-order valence-corrected chi connectivity index (χ0v) is 21.6. The quantitative estimate of drug-likeness (QED) is 0.653. The number of halogens is 1. The number of nitrogens with zero attached hydrogens (tertiary/aromatic N) is 2. The number of fused-ring (bicyclic) bond motifs is 2. The van der Waals surface area contributed by atoms with E-state index in [1.807, 2.05) is 0 Å². The second-order valence-electron chi connectivity index (χ2n) is 10.4. The molecule has 3 fully saturated rings. The molecule has 0 spiro atoms. The van der Waals surface area contributed by atoms with E-state index in [0.717, 1.165) is 12.8 Å². The Balaban J connectivity index is 1.55. The molecule has 1 unspecified atom stereocenters. The van der Waals surface area contributed by atoms with Crippen molar-refractivity contribution in [1.29, 1.82) is 0 Å². The summed E-state index contributed by atoms with van der Waals surface area (Å²) in [6.45, 7) is 9.40. The highest BCUT2D eigenvalue weighted by Crippen LogP contribution is 2.62. The highest BCUT2D eigenvalue weighted by molar-refractivity contribution is 9.10. The molecule has 1 N–H and O–H groups in total. The predicted octanol–water partition coefficient (Wildman–Crippen LogP) is 3.25. The number of hydrogen-bond donors (Lipinski definition) is 1. The molecule has 7 nitrogen and oxygen atoms in total. The van der Waals surface area contributed by atoms with Gasteiger partial charge >= 0.3 is 0 Å². The average Bonchev–Trinajstić information content (AvgIpc) is 3.22. The number of benzene rings is 1. The number of nitrogens with one attached hydrogen (secondary N) is 1. The topological polar surface area (TPSA) is 86.8 Å². The van der Waals surface area contributed by atoms with Crippen LogP contribution in [0.4, 0.5) is 0 Å². The molecule has 3 atom stereocenters. The first-order chi connectivity index (χ1) is 14.9. The lowest BCUT2D eigenvalue weighted by Gasteiger charge is -2.43. The van der Waals surface area contributed by atoms with E-state index in [2.05, 4.69) is 42.0 Å². The predicted molar refractivity (Wildman–Crippen MR) is 126 cm³/mol. The summed E-state index contributed by atoms with van der Waals surface area (Å²) < 4.78 is 28.5. The van der Waals surface area contributed by atoms with Crippen LogP contribution in [-0.2, 0) is 14.8 Å². The van der Waals surface area contributed by atoms with E-state index < -0.39 is 10.0 Å². The average molecular weight is 526 g/mol. The first-order valence-corrected chi connectivity index (χ1v) is 13.5. The SMILES string of the molecule is CC(=O)N1CCN(S(=O)(=O)c2cc(C(=O)NC3C(C)(C)[C@H]4CC[C@@]3(C)C4)ccc2Br)CC1. The molecule has 2 saturated carbocycles. The van der Waals surface area contributed by atoms with Crippen LogP contribution in [0.3, 0.4) is 0 Å². The van der Waals surface area contributed by atoms with Crippen molar-refractivity contribution in [3.63, 3.8) is 0 Å². The summed E-state index contributed by atoms with van der Waals surface area (Å²) in [6, 6.07) is 4.81. The van der Waals surface area contributed by atoms with Crippen LogP contribution in [-0.4, -0.2) is 61.7 Å². The van der Waals surface area contributed by atoms with Gasteiger partial charge in [-0.2, -0.15) is 4.31 Å². The van der Waals surface area contributed by atoms with E-state index in [9.17, 15) is 18.0 Å². The lowest BCUT2D eigenvalue weighted by atomic mass is 9.68. The molecule has 0 radical (unpaired) electrons. The second-order valence-corrected chi connectivity index (χ2v) is 13.1. The molecular weight excluding hydrogens is 494 g/mol. The van der Waals surface area contributed by atoms with Gasteiger partial charge in [0.05, 0.1) is 4.90 Å². The third kappa shape index (κ3) is 3.90. The smallest absolute Gasteiger partial charge is 0.251 e. The number of piperazine rings is 1. The fourth-order valence-corrected chi connectivity index (χ4v) is 8.47. The van der Waals surface area contributed by atoms with Crippen LogP contribution < -0.4 is 5.32 Å². The van der Waals surface area contributed by atoms with Gasteiger partial charge in [0.2, 0.25) is 15.9 Å². The van der Waals surface area contributed by atoms with Crippen molar-refractivity contribution in [2.75, 3.05) is 26.2 Å². The molecule has 1 heterocycles. The van der Waals surface area contributed by atoms with Crippen molar-refractivity contribution in [3.8, 4) is 0 Å². The standard InChI is InChI=1S/C23H32BrN3O4S/c1-15(28)26-9-11-27(12-10-26)32(30,31)19-13-16(5-6-18(19)24)20(29)25-21-22(2,3)17-7-8-23(21,4)14-17/h5-6,13,17,21H,7-12,14H2,1-4H3,(H,25,29)/t17-,21?,23-/m0/s1. The maximum atomic E-state index is 13.3. The maximum absolute atomic E-state index is 13.3. The van der Waals surface area contributed by atoms with Crippen LogP contribution >= 0.6 is 15.9 Å². The van der Waals surface area contributed by atoms with Crippen LogP contribution in [0.25, 0.3) is 0 Å². The minimum atomic E-state index is -3.80. The van der Waals surface area contributed by atoms with Crippen molar-refractivity contribution < 1.29 is 18.0 Å². The van der Waals surface area contributed by atoms with Gasteiger partial charge in [-0.3, -0.25) is 9.59 Å². The Kier molecular flexibility index (Phi) is 5.99. The minimum Gasteiger partial charge on any atom is -0.348 e. The highest BCUT2D eigenvalue weighted by Gasteiger charge is 2.59. The zero-order valence-electron chi connectivity index (χ0n) is 19.2. The molecule has 3 aliphatic rings. The van der Waals surface area contributed by atoms with Crippen molar-refractivity contribution >= 4 is 37.8 Å². The molecule has 1 saturated heterocycles. The monoisotopic (exact) mass is 525 g/mol. The van der Waals surface area contributed by atoms with Crippen LogP contribution in [0, 0.1) is 16.7 Å². The van der Waals surface area contributed by atoms with Gasteiger partial charge in [0.1, 0.15) is 0 Å². The number of rotatable bonds is 4. The summed E-state index contributed by atoms with van der Waals surface area (Å²) in [5.41, 5.74) is 0.449. The van der Waals surface area contributed by atoms with Gasteiger partial charge in [-0.15, -0.1) is 0 Å². The summed E-state index contributed by atoms with van der Waals surface area (Å²) in [5, 5.41) is 3.25. The fourth-order valence-electron chi connectivity index (χ4n) is 6.10. The molecule has 1 aromatic carbocycles. The van der Waals surface area contributed by atoms with Crippen molar-refractivity contribution in [2.24, 2.45) is 16.7 Å². The molecule has 0 aromatic heterocycles. The van der Waals surface area contributed by atoms with Gasteiger partial charge < -0.3 is 10.2 Å². The Labute approximate surface area is 199 Å². The molecular formula is C23H32BrN3O4S. The molecule has 2 amide bonds. The van der Waals surface area contributed by atoms with Gasteiger partial charge in [-0.1, -0.05) is 20.8 Å². The first kappa shape index (κ1) is 23.7. The zero-order chi connectivity index (χ0) is 23.5. The second kappa shape index (κ2) is 8.09. The Bertz CT molecular complexity index is 1040. The number of hydrogen-bond acceptors (Lipinski definition) is 4. The van der Waals surface area contributed by atoms with Crippen LogP contribution in [0.2, 0.25) is 0 Å².